The molecule has 1 spiro atoms. The molecule has 1 saturated heterocycles. The fraction of sp³-hybridized carbons (Fsp3) is 0.184. The second-order valence-corrected chi connectivity index (χ2v) is 14.9. The quantitative estimate of drug-likeness (QED) is 0.216. The number of allylic oxidation sites excluding steroid dienone is 11. The molecule has 1 fully saturated rings. The number of anilines is 2. The largest absolute Gasteiger partial charge is 0.486 e. The molecule has 4 aliphatic carbocycles. The summed E-state index contributed by atoms with van der Waals surface area (Å²) in [5.74, 6) is 3.19. The monoisotopic (exact) mass is 673 g/mol. The molecule has 0 saturated carbocycles. The summed E-state index contributed by atoms with van der Waals surface area (Å²) in [5.41, 5.74) is 12.1. The maximum absolute atomic E-state index is 7.21. The van der Waals surface area contributed by atoms with Gasteiger partial charge in [0.15, 0.2) is 0 Å². The molecule has 3 nitrogen and oxygen atoms in total. The lowest BCUT2D eigenvalue weighted by Gasteiger charge is -2.53. The summed E-state index contributed by atoms with van der Waals surface area (Å²) in [7, 11) is 0. The van der Waals surface area contributed by atoms with Crippen molar-refractivity contribution in [3.8, 4) is 11.5 Å². The molecule has 0 N–H and O–H groups in total. The lowest BCUT2D eigenvalue weighted by Crippen LogP contribution is -2.50. The van der Waals surface area contributed by atoms with Gasteiger partial charge in [-0.15, -0.1) is 0 Å². The zero-order chi connectivity index (χ0) is 34.2. The van der Waals surface area contributed by atoms with E-state index in [0.29, 0.717) is 0 Å². The number of rotatable bonds is 3. The van der Waals surface area contributed by atoms with Gasteiger partial charge in [-0.05, 0) is 90.4 Å². The van der Waals surface area contributed by atoms with Crippen LogP contribution >= 0.6 is 0 Å². The summed E-state index contributed by atoms with van der Waals surface area (Å²) < 4.78 is 14.1. The smallest absolute Gasteiger partial charge is 0.139 e. The van der Waals surface area contributed by atoms with Crippen molar-refractivity contribution >= 4 is 22.5 Å². The van der Waals surface area contributed by atoms with Crippen LogP contribution in [0.25, 0.3) is 11.1 Å². The van der Waals surface area contributed by atoms with E-state index in [1.807, 2.05) is 0 Å². The van der Waals surface area contributed by atoms with Gasteiger partial charge in [0.2, 0.25) is 0 Å². The molecule has 5 unspecified atom stereocenters. The molecular formula is C49H39NO2. The van der Waals surface area contributed by atoms with Crippen LogP contribution in [-0.4, -0.2) is 12.1 Å². The Kier molecular flexibility index (Phi) is 6.67. The Labute approximate surface area is 305 Å². The average molecular weight is 674 g/mol. The van der Waals surface area contributed by atoms with Crippen molar-refractivity contribution in [2.24, 2.45) is 5.92 Å². The highest BCUT2D eigenvalue weighted by Crippen LogP contribution is 2.63. The first kappa shape index (κ1) is 29.9. The zero-order valence-electron chi connectivity index (χ0n) is 29.0. The van der Waals surface area contributed by atoms with Gasteiger partial charge in [-0.25, -0.2) is 0 Å². The molecule has 3 aliphatic heterocycles. The molecule has 0 radical (unpaired) electrons. The maximum Gasteiger partial charge on any atom is 0.139 e. The Bertz CT molecular complexity index is 2400. The molecule has 3 heteroatoms. The van der Waals surface area contributed by atoms with Crippen LogP contribution in [0.5, 0.6) is 11.5 Å². The standard InChI is InChI=1S/C49H39NO2/c1-3-14-32(15-4-1)33-27-29-47-42(31-33)49(39-20-8-11-24-45(39)51-46-25-12-9-21-40(46)49)41-22-13-19-36(48(41)52-47)34-26-28-44-38(30-34)37-18-7-10-23-43(37)50(44)35-16-5-2-6-17-35/h1-3,5-8,10-11,13-14,16-31,38-39,44-45H,4,9,12,15H2. The highest BCUT2D eigenvalue weighted by molar-refractivity contribution is 5.87. The second kappa shape index (κ2) is 11.6. The first-order valence-electron chi connectivity index (χ1n) is 18.9. The van der Waals surface area contributed by atoms with E-state index in [4.69, 9.17) is 9.47 Å². The second-order valence-electron chi connectivity index (χ2n) is 14.9. The maximum atomic E-state index is 7.21. The Morgan fingerprint density at radius 1 is 0.750 bits per heavy atom. The Hall–Kier alpha value is -5.80. The number of hydrogen-bond acceptors (Lipinski definition) is 3. The van der Waals surface area contributed by atoms with Crippen molar-refractivity contribution in [3.63, 3.8) is 0 Å². The molecule has 5 atom stereocenters. The Morgan fingerprint density at radius 2 is 1.63 bits per heavy atom. The normalized spacial score (nSPS) is 27.0. The summed E-state index contributed by atoms with van der Waals surface area (Å²) in [6, 6.07) is 33.7. The topological polar surface area (TPSA) is 21.7 Å². The first-order valence-corrected chi connectivity index (χ1v) is 18.9. The van der Waals surface area contributed by atoms with Crippen LogP contribution in [0.4, 0.5) is 11.4 Å². The van der Waals surface area contributed by atoms with Crippen LogP contribution in [0.1, 0.15) is 59.4 Å². The van der Waals surface area contributed by atoms with Crippen LogP contribution in [0.2, 0.25) is 0 Å². The summed E-state index contributed by atoms with van der Waals surface area (Å²) in [5, 5.41) is 0. The third kappa shape index (κ3) is 4.26. The number of para-hydroxylation sites is 3. The van der Waals surface area contributed by atoms with E-state index in [-0.39, 0.29) is 24.0 Å². The van der Waals surface area contributed by atoms with Gasteiger partial charge in [0, 0.05) is 45.5 Å². The predicted molar refractivity (Wildman–Crippen MR) is 211 cm³/mol. The third-order valence-corrected chi connectivity index (χ3v) is 12.2. The lowest BCUT2D eigenvalue weighted by molar-refractivity contribution is 0.0640. The van der Waals surface area contributed by atoms with E-state index >= 15 is 0 Å². The summed E-state index contributed by atoms with van der Waals surface area (Å²) in [4.78, 5) is 2.50. The molecule has 4 aromatic rings. The van der Waals surface area contributed by atoms with Gasteiger partial charge >= 0.3 is 0 Å². The number of fused-ring (bicyclic) bond motifs is 11. The first-order chi connectivity index (χ1) is 25.8. The van der Waals surface area contributed by atoms with E-state index in [0.717, 1.165) is 48.5 Å². The number of nitrogens with zero attached hydrogens (tertiary/aromatic N) is 1. The minimum absolute atomic E-state index is 0.0625. The van der Waals surface area contributed by atoms with Crippen LogP contribution < -0.4 is 9.64 Å². The predicted octanol–water partition coefficient (Wildman–Crippen LogP) is 11.8. The van der Waals surface area contributed by atoms with Crippen molar-refractivity contribution in [1.82, 2.24) is 0 Å². The van der Waals surface area contributed by atoms with Gasteiger partial charge in [0.05, 0.1) is 11.5 Å². The molecule has 4 aromatic carbocycles. The number of hydrogen-bond donors (Lipinski definition) is 0. The van der Waals surface area contributed by atoms with Crippen molar-refractivity contribution < 1.29 is 9.47 Å². The molecule has 11 rings (SSSR count). The van der Waals surface area contributed by atoms with Crippen molar-refractivity contribution in [2.75, 3.05) is 4.90 Å². The third-order valence-electron chi connectivity index (χ3n) is 12.2. The minimum atomic E-state index is -0.484. The fourth-order valence-corrected chi connectivity index (χ4v) is 10.0. The molecule has 0 aromatic heterocycles. The van der Waals surface area contributed by atoms with Crippen LogP contribution in [0.15, 0.2) is 175 Å². The van der Waals surface area contributed by atoms with Crippen molar-refractivity contribution in [3.05, 3.63) is 203 Å². The Balaban J connectivity index is 1.11. The van der Waals surface area contributed by atoms with Crippen LogP contribution in [-0.2, 0) is 10.2 Å². The molecule has 252 valence electrons. The zero-order valence-corrected chi connectivity index (χ0v) is 29.0. The summed E-state index contributed by atoms with van der Waals surface area (Å²) >= 11 is 0. The number of ether oxygens (including phenoxy) is 2. The SMILES string of the molecule is C1=CCCC(c2ccc3c(c2)C2(C4=CCCC=C4OC4C=CC=CC42)c2cccc(C4=CC5c6ccccc6N(c6ccccc6)C5C=C4)c2O3)=C1. The highest BCUT2D eigenvalue weighted by Gasteiger charge is 2.57. The molecule has 0 bridgehead atoms. The van der Waals surface area contributed by atoms with Gasteiger partial charge in [-0.1, -0.05) is 121 Å². The summed E-state index contributed by atoms with van der Waals surface area (Å²) in [6.45, 7) is 0. The Morgan fingerprint density at radius 3 is 2.56 bits per heavy atom. The van der Waals surface area contributed by atoms with E-state index in [1.165, 1.54) is 50.3 Å². The van der Waals surface area contributed by atoms with Gasteiger partial charge < -0.3 is 14.4 Å². The lowest BCUT2D eigenvalue weighted by atomic mass is 9.55. The van der Waals surface area contributed by atoms with Gasteiger partial charge in [-0.2, -0.15) is 0 Å². The van der Waals surface area contributed by atoms with E-state index in [9.17, 15) is 0 Å². The van der Waals surface area contributed by atoms with Crippen molar-refractivity contribution in [2.45, 2.75) is 49.2 Å². The molecule has 3 heterocycles. The van der Waals surface area contributed by atoms with E-state index in [1.54, 1.807) is 0 Å². The molecule has 0 amide bonds. The minimum Gasteiger partial charge on any atom is -0.486 e. The number of benzene rings is 4. The van der Waals surface area contributed by atoms with Gasteiger partial charge in [-0.3, -0.25) is 0 Å². The molecule has 7 aliphatic rings. The van der Waals surface area contributed by atoms with E-state index in [2.05, 4.69) is 169 Å². The summed E-state index contributed by atoms with van der Waals surface area (Å²) in [6.07, 6.45) is 31.7. The van der Waals surface area contributed by atoms with Gasteiger partial charge in [0.1, 0.15) is 23.4 Å². The van der Waals surface area contributed by atoms with Crippen LogP contribution in [0.3, 0.4) is 0 Å². The molecular weight excluding hydrogens is 635 g/mol. The molecule has 52 heavy (non-hydrogen) atoms. The van der Waals surface area contributed by atoms with E-state index < -0.39 is 5.41 Å². The highest BCUT2D eigenvalue weighted by atomic mass is 16.5. The average Bonchev–Trinajstić information content (AvgIpc) is 3.55. The fourth-order valence-electron chi connectivity index (χ4n) is 10.0. The van der Waals surface area contributed by atoms with Crippen molar-refractivity contribution in [1.29, 1.82) is 0 Å². The van der Waals surface area contributed by atoms with Gasteiger partial charge in [0.25, 0.3) is 0 Å². The van der Waals surface area contributed by atoms with Crippen LogP contribution in [0, 0.1) is 5.92 Å².